The number of benzene rings is 1. The Kier molecular flexibility index (Phi) is 7.09. The zero-order valence-electron chi connectivity index (χ0n) is 12.7. The van der Waals surface area contributed by atoms with Gasteiger partial charge in [0.15, 0.2) is 5.78 Å². The average molecular weight is 347 g/mol. The number of hydrogen-bond donors (Lipinski definition) is 2. The molecule has 3 N–H and O–H groups in total. The maximum Gasteiger partial charge on any atom is 0.277 e. The van der Waals surface area contributed by atoms with E-state index in [2.05, 4.69) is 5.32 Å². The highest BCUT2D eigenvalue weighted by molar-refractivity contribution is 5.98. The van der Waals surface area contributed by atoms with Crippen LogP contribution in [0, 0.1) is 0 Å². The third-order valence-electron chi connectivity index (χ3n) is 3.84. The molecule has 0 saturated heterocycles. The highest BCUT2D eigenvalue weighted by Crippen LogP contribution is 2.23. The minimum Gasteiger partial charge on any atom is -0.350 e. The number of rotatable bonds is 7. The minimum absolute atomic E-state index is 0. The van der Waals surface area contributed by atoms with Crippen LogP contribution in [0.4, 0.5) is 8.78 Å². The zero-order valence-corrected chi connectivity index (χ0v) is 13.6. The number of carbonyl (C=O) groups is 2. The van der Waals surface area contributed by atoms with Crippen molar-refractivity contribution in [3.63, 3.8) is 0 Å². The van der Waals surface area contributed by atoms with Gasteiger partial charge in [-0.05, 0) is 36.5 Å². The molecular weight excluding hydrogens is 326 g/mol. The molecule has 4 nitrogen and oxygen atoms in total. The van der Waals surface area contributed by atoms with Gasteiger partial charge in [-0.3, -0.25) is 9.59 Å². The van der Waals surface area contributed by atoms with Crippen LogP contribution in [0.2, 0.25) is 0 Å². The fourth-order valence-electron chi connectivity index (χ4n) is 2.51. The van der Waals surface area contributed by atoms with Crippen LogP contribution < -0.4 is 11.1 Å². The number of fused-ring (bicyclic) bond motifs is 1. The van der Waals surface area contributed by atoms with Crippen molar-refractivity contribution in [1.82, 2.24) is 5.32 Å². The Bertz CT molecular complexity index is 579. The van der Waals surface area contributed by atoms with Crippen molar-refractivity contribution in [3.05, 3.63) is 34.9 Å². The van der Waals surface area contributed by atoms with Gasteiger partial charge in [-0.15, -0.1) is 12.4 Å². The Labute approximate surface area is 140 Å². The largest absolute Gasteiger partial charge is 0.350 e. The number of ketones is 1. The van der Waals surface area contributed by atoms with Gasteiger partial charge in [-0.1, -0.05) is 12.1 Å². The minimum atomic E-state index is -3.11. The van der Waals surface area contributed by atoms with Gasteiger partial charge in [0.1, 0.15) is 0 Å². The fraction of sp³-hybridized carbons (Fsp3) is 0.500. The molecule has 128 valence electrons. The van der Waals surface area contributed by atoms with Gasteiger partial charge >= 0.3 is 0 Å². The molecule has 1 aromatic carbocycles. The number of Topliss-reactive ketones (excluding diaryl/α,β-unsaturated/α-hetero) is 1. The van der Waals surface area contributed by atoms with Crippen LogP contribution in [-0.4, -0.2) is 30.7 Å². The fourth-order valence-corrected chi connectivity index (χ4v) is 2.51. The zero-order chi connectivity index (χ0) is 16.2. The number of nitrogens with two attached hydrogens (primary N) is 1. The Morgan fingerprint density at radius 1 is 1.17 bits per heavy atom. The van der Waals surface area contributed by atoms with Crippen molar-refractivity contribution < 1.29 is 18.4 Å². The second kappa shape index (κ2) is 8.36. The molecule has 0 bridgehead atoms. The summed E-state index contributed by atoms with van der Waals surface area (Å²) in [6, 6.07) is 5.61. The van der Waals surface area contributed by atoms with E-state index in [0.717, 1.165) is 19.3 Å². The molecule has 2 rings (SSSR count). The molecule has 0 atom stereocenters. The summed E-state index contributed by atoms with van der Waals surface area (Å²) in [5.41, 5.74) is 7.93. The predicted molar refractivity (Wildman–Crippen MR) is 86.3 cm³/mol. The van der Waals surface area contributed by atoms with Crippen molar-refractivity contribution in [2.24, 2.45) is 5.73 Å². The molecule has 23 heavy (non-hydrogen) atoms. The SMILES string of the molecule is Cl.NCC(F)(F)CNC(=O)CCC(=O)c1ccc2c(c1)CCC2. The molecule has 0 heterocycles. The first-order chi connectivity index (χ1) is 10.4. The van der Waals surface area contributed by atoms with E-state index in [1.807, 2.05) is 12.1 Å². The number of carbonyl (C=O) groups excluding carboxylic acids is 2. The van der Waals surface area contributed by atoms with Crippen LogP contribution in [0.1, 0.15) is 40.7 Å². The van der Waals surface area contributed by atoms with Crippen LogP contribution in [0.15, 0.2) is 18.2 Å². The Morgan fingerprint density at radius 2 is 1.87 bits per heavy atom. The molecule has 0 unspecified atom stereocenters. The summed E-state index contributed by atoms with van der Waals surface area (Å²) in [6.07, 6.45) is 3.03. The van der Waals surface area contributed by atoms with E-state index in [1.165, 1.54) is 11.1 Å². The molecule has 7 heteroatoms. The summed E-state index contributed by atoms with van der Waals surface area (Å²) >= 11 is 0. The lowest BCUT2D eigenvalue weighted by Crippen LogP contribution is -2.41. The molecule has 0 saturated carbocycles. The lowest BCUT2D eigenvalue weighted by molar-refractivity contribution is -0.122. The number of nitrogens with one attached hydrogen (secondary N) is 1. The molecule has 0 aromatic heterocycles. The van der Waals surface area contributed by atoms with E-state index >= 15 is 0 Å². The highest BCUT2D eigenvalue weighted by Gasteiger charge is 2.27. The van der Waals surface area contributed by atoms with Crippen LogP contribution in [0.25, 0.3) is 0 Å². The Hall–Kier alpha value is -1.53. The quantitative estimate of drug-likeness (QED) is 0.744. The van der Waals surface area contributed by atoms with Crippen molar-refractivity contribution in [3.8, 4) is 0 Å². The third kappa shape index (κ3) is 5.55. The summed E-state index contributed by atoms with van der Waals surface area (Å²) in [4.78, 5) is 23.5. The third-order valence-corrected chi connectivity index (χ3v) is 3.84. The first-order valence-corrected chi connectivity index (χ1v) is 7.41. The molecular formula is C16H21ClF2N2O2. The van der Waals surface area contributed by atoms with Crippen molar-refractivity contribution >= 4 is 24.1 Å². The van der Waals surface area contributed by atoms with Crippen LogP contribution in [-0.2, 0) is 17.6 Å². The van der Waals surface area contributed by atoms with Gasteiger partial charge in [-0.2, -0.15) is 0 Å². The van der Waals surface area contributed by atoms with E-state index in [-0.39, 0.29) is 31.0 Å². The topological polar surface area (TPSA) is 72.2 Å². The molecule has 1 aliphatic carbocycles. The monoisotopic (exact) mass is 346 g/mol. The molecule has 1 aliphatic rings. The van der Waals surface area contributed by atoms with E-state index in [9.17, 15) is 18.4 Å². The van der Waals surface area contributed by atoms with Crippen molar-refractivity contribution in [2.75, 3.05) is 13.1 Å². The maximum atomic E-state index is 12.9. The molecule has 1 aromatic rings. The standard InChI is InChI=1S/C16H20F2N2O2.ClH/c17-16(18,9-19)10-20-15(22)7-6-14(21)13-5-4-11-2-1-3-12(11)8-13;/h4-5,8H,1-3,6-7,9-10,19H2,(H,20,22);1H. The van der Waals surface area contributed by atoms with Gasteiger partial charge in [0.25, 0.3) is 5.92 Å². The van der Waals surface area contributed by atoms with E-state index < -0.39 is 24.9 Å². The van der Waals surface area contributed by atoms with E-state index in [1.54, 1.807) is 6.07 Å². The highest BCUT2D eigenvalue weighted by atomic mass is 35.5. The molecule has 0 fully saturated rings. The first kappa shape index (κ1) is 19.5. The van der Waals surface area contributed by atoms with Gasteiger partial charge in [-0.25, -0.2) is 8.78 Å². The summed E-state index contributed by atoms with van der Waals surface area (Å²) in [5, 5.41) is 2.10. The van der Waals surface area contributed by atoms with Gasteiger partial charge in [0.2, 0.25) is 5.91 Å². The normalized spacial score (nSPS) is 13.2. The molecule has 0 radical (unpaired) electrons. The van der Waals surface area contributed by atoms with Crippen LogP contribution >= 0.6 is 12.4 Å². The number of hydrogen-bond acceptors (Lipinski definition) is 3. The van der Waals surface area contributed by atoms with Gasteiger partial charge in [0, 0.05) is 18.4 Å². The second-order valence-electron chi connectivity index (χ2n) is 5.60. The summed E-state index contributed by atoms with van der Waals surface area (Å²) in [6.45, 7) is -1.61. The summed E-state index contributed by atoms with van der Waals surface area (Å²) in [5.74, 6) is -3.82. The molecule has 1 amide bonds. The Morgan fingerprint density at radius 3 is 2.57 bits per heavy atom. The summed E-state index contributed by atoms with van der Waals surface area (Å²) in [7, 11) is 0. The number of alkyl halides is 2. The lowest BCUT2D eigenvalue weighted by Gasteiger charge is -2.14. The van der Waals surface area contributed by atoms with Gasteiger partial charge < -0.3 is 11.1 Å². The van der Waals surface area contributed by atoms with E-state index in [4.69, 9.17) is 5.73 Å². The second-order valence-corrected chi connectivity index (χ2v) is 5.60. The number of amides is 1. The predicted octanol–water partition coefficient (Wildman–Crippen LogP) is 2.27. The maximum absolute atomic E-state index is 12.9. The number of aryl methyl sites for hydroxylation is 2. The molecule has 0 aliphatic heterocycles. The smallest absolute Gasteiger partial charge is 0.277 e. The van der Waals surface area contributed by atoms with E-state index in [0.29, 0.717) is 5.56 Å². The van der Waals surface area contributed by atoms with Crippen molar-refractivity contribution in [2.45, 2.75) is 38.0 Å². The molecule has 0 spiro atoms. The Balaban J connectivity index is 0.00000264. The van der Waals surface area contributed by atoms with Crippen molar-refractivity contribution in [1.29, 1.82) is 0 Å². The number of halogens is 3. The summed E-state index contributed by atoms with van der Waals surface area (Å²) < 4.78 is 25.8. The van der Waals surface area contributed by atoms with Crippen LogP contribution in [0.5, 0.6) is 0 Å². The van der Waals surface area contributed by atoms with Crippen LogP contribution in [0.3, 0.4) is 0 Å². The first-order valence-electron chi connectivity index (χ1n) is 7.41. The van der Waals surface area contributed by atoms with Gasteiger partial charge in [0.05, 0.1) is 13.1 Å². The lowest BCUT2D eigenvalue weighted by atomic mass is 10.0. The average Bonchev–Trinajstić information content (AvgIpc) is 2.98.